The van der Waals surface area contributed by atoms with E-state index in [9.17, 15) is 9.59 Å². The van der Waals surface area contributed by atoms with Crippen molar-refractivity contribution in [2.24, 2.45) is 5.73 Å². The first-order valence-electron chi connectivity index (χ1n) is 7.14. The molecule has 0 atom stereocenters. The number of benzene rings is 1. The molecular weight excluding hydrogens is 308 g/mol. The first-order chi connectivity index (χ1) is 11.6. The van der Waals surface area contributed by atoms with E-state index in [0.29, 0.717) is 22.6 Å². The van der Waals surface area contributed by atoms with E-state index in [1.54, 1.807) is 49.6 Å². The molecule has 7 heteroatoms. The standard InChI is InChI=1S/C17H14N4O3/c1-10-4-2-6-12(15(10)16(18)22)20-17(23)13-8-14(24-21-13)11-5-3-7-19-9-11/h2-9H,1H3,(H2,18,22)(H,20,23). The van der Waals surface area contributed by atoms with Crippen LogP contribution < -0.4 is 11.1 Å². The molecule has 3 rings (SSSR count). The van der Waals surface area contributed by atoms with Crippen LogP contribution in [0.1, 0.15) is 26.4 Å². The van der Waals surface area contributed by atoms with Crippen LogP contribution in [0.3, 0.4) is 0 Å². The Morgan fingerprint density at radius 2 is 2.04 bits per heavy atom. The molecule has 0 fully saturated rings. The van der Waals surface area contributed by atoms with Crippen molar-refractivity contribution >= 4 is 17.5 Å². The van der Waals surface area contributed by atoms with E-state index < -0.39 is 11.8 Å². The Labute approximate surface area is 137 Å². The van der Waals surface area contributed by atoms with Gasteiger partial charge < -0.3 is 15.6 Å². The fraction of sp³-hybridized carbons (Fsp3) is 0.0588. The molecule has 1 aromatic carbocycles. The molecule has 3 N–H and O–H groups in total. The molecule has 3 aromatic rings. The number of aromatic nitrogens is 2. The second-order valence-corrected chi connectivity index (χ2v) is 5.13. The summed E-state index contributed by atoms with van der Waals surface area (Å²) in [6.07, 6.45) is 3.24. The van der Waals surface area contributed by atoms with Crippen LogP contribution in [0.2, 0.25) is 0 Å². The van der Waals surface area contributed by atoms with Gasteiger partial charge in [0.05, 0.1) is 11.3 Å². The van der Waals surface area contributed by atoms with Crippen molar-refractivity contribution < 1.29 is 14.1 Å². The molecule has 2 heterocycles. The van der Waals surface area contributed by atoms with Gasteiger partial charge in [0.2, 0.25) is 0 Å². The molecule has 0 saturated carbocycles. The summed E-state index contributed by atoms with van der Waals surface area (Å²) in [4.78, 5) is 27.9. The highest BCUT2D eigenvalue weighted by Crippen LogP contribution is 2.22. The number of nitrogens with one attached hydrogen (secondary N) is 1. The van der Waals surface area contributed by atoms with E-state index in [2.05, 4.69) is 15.5 Å². The lowest BCUT2D eigenvalue weighted by Crippen LogP contribution is -2.19. The quantitative estimate of drug-likeness (QED) is 0.766. The van der Waals surface area contributed by atoms with E-state index in [1.807, 2.05) is 0 Å². The SMILES string of the molecule is Cc1cccc(NC(=O)c2cc(-c3cccnc3)on2)c1C(N)=O. The van der Waals surface area contributed by atoms with E-state index in [-0.39, 0.29) is 11.3 Å². The summed E-state index contributed by atoms with van der Waals surface area (Å²) in [5, 5.41) is 6.39. The van der Waals surface area contributed by atoms with Gasteiger partial charge in [0.15, 0.2) is 11.5 Å². The minimum absolute atomic E-state index is 0.0887. The molecule has 0 aliphatic rings. The van der Waals surface area contributed by atoms with Gasteiger partial charge in [0, 0.05) is 24.0 Å². The third kappa shape index (κ3) is 3.00. The van der Waals surface area contributed by atoms with Gasteiger partial charge in [0.25, 0.3) is 11.8 Å². The molecule has 0 radical (unpaired) electrons. The molecule has 24 heavy (non-hydrogen) atoms. The molecule has 0 saturated heterocycles. The number of hydrogen-bond acceptors (Lipinski definition) is 5. The average molecular weight is 322 g/mol. The van der Waals surface area contributed by atoms with Gasteiger partial charge in [-0.2, -0.15) is 0 Å². The van der Waals surface area contributed by atoms with Gasteiger partial charge in [-0.15, -0.1) is 0 Å². The third-order valence-electron chi connectivity index (χ3n) is 3.46. The summed E-state index contributed by atoms with van der Waals surface area (Å²) in [5.41, 5.74) is 7.45. The lowest BCUT2D eigenvalue weighted by Gasteiger charge is -2.09. The van der Waals surface area contributed by atoms with Crippen molar-refractivity contribution in [2.45, 2.75) is 6.92 Å². The molecular formula is C17H14N4O3. The maximum absolute atomic E-state index is 12.3. The number of nitrogens with two attached hydrogens (primary N) is 1. The van der Waals surface area contributed by atoms with Gasteiger partial charge in [-0.25, -0.2) is 0 Å². The molecule has 0 aliphatic heterocycles. The summed E-state index contributed by atoms with van der Waals surface area (Å²) < 4.78 is 5.17. The minimum Gasteiger partial charge on any atom is -0.366 e. The van der Waals surface area contributed by atoms with Gasteiger partial charge in [-0.3, -0.25) is 14.6 Å². The highest BCUT2D eigenvalue weighted by molar-refractivity contribution is 6.08. The largest absolute Gasteiger partial charge is 0.366 e. The van der Waals surface area contributed by atoms with Crippen molar-refractivity contribution in [3.8, 4) is 11.3 Å². The lowest BCUT2D eigenvalue weighted by molar-refractivity contribution is 0.100. The van der Waals surface area contributed by atoms with Crippen molar-refractivity contribution in [1.82, 2.24) is 10.1 Å². The summed E-state index contributed by atoms with van der Waals surface area (Å²) >= 11 is 0. The smallest absolute Gasteiger partial charge is 0.277 e. The van der Waals surface area contributed by atoms with E-state index >= 15 is 0 Å². The zero-order chi connectivity index (χ0) is 17.1. The van der Waals surface area contributed by atoms with Crippen molar-refractivity contribution in [1.29, 1.82) is 0 Å². The maximum atomic E-state index is 12.3. The molecule has 0 spiro atoms. The van der Waals surface area contributed by atoms with Gasteiger partial charge in [0.1, 0.15) is 0 Å². The molecule has 7 nitrogen and oxygen atoms in total. The molecule has 0 bridgehead atoms. The molecule has 0 aliphatic carbocycles. The van der Waals surface area contributed by atoms with E-state index in [4.69, 9.17) is 10.3 Å². The third-order valence-corrected chi connectivity index (χ3v) is 3.46. The summed E-state index contributed by atoms with van der Waals surface area (Å²) in [5.74, 6) is -0.686. The number of amides is 2. The zero-order valence-corrected chi connectivity index (χ0v) is 12.8. The van der Waals surface area contributed by atoms with Crippen LogP contribution in [0.25, 0.3) is 11.3 Å². The number of carbonyl (C=O) groups is 2. The normalized spacial score (nSPS) is 10.4. The van der Waals surface area contributed by atoms with Crippen LogP contribution in [0, 0.1) is 6.92 Å². The number of hydrogen-bond donors (Lipinski definition) is 2. The first kappa shape index (κ1) is 15.4. The van der Waals surface area contributed by atoms with Crippen molar-refractivity contribution in [2.75, 3.05) is 5.32 Å². The summed E-state index contributed by atoms with van der Waals surface area (Å²) in [7, 11) is 0. The summed E-state index contributed by atoms with van der Waals surface area (Å²) in [6, 6.07) is 10.1. The van der Waals surface area contributed by atoms with Crippen LogP contribution in [-0.2, 0) is 0 Å². The highest BCUT2D eigenvalue weighted by Gasteiger charge is 2.17. The number of anilines is 1. The first-order valence-corrected chi connectivity index (χ1v) is 7.14. The number of rotatable bonds is 4. The van der Waals surface area contributed by atoms with Crippen LogP contribution in [0.4, 0.5) is 5.69 Å². The fourth-order valence-electron chi connectivity index (χ4n) is 2.31. The second-order valence-electron chi connectivity index (χ2n) is 5.13. The second kappa shape index (κ2) is 6.33. The monoisotopic (exact) mass is 322 g/mol. The Kier molecular flexibility index (Phi) is 4.07. The van der Waals surface area contributed by atoms with Crippen molar-refractivity contribution in [3.63, 3.8) is 0 Å². The number of pyridine rings is 1. The Morgan fingerprint density at radius 3 is 2.75 bits per heavy atom. The fourth-order valence-corrected chi connectivity index (χ4v) is 2.31. The predicted molar refractivity (Wildman–Crippen MR) is 87.4 cm³/mol. The average Bonchev–Trinajstić information content (AvgIpc) is 3.05. The number of nitrogens with zero attached hydrogens (tertiary/aromatic N) is 2. The Bertz CT molecular complexity index is 903. The van der Waals surface area contributed by atoms with Crippen molar-refractivity contribution in [3.05, 3.63) is 65.6 Å². The number of aryl methyl sites for hydroxylation is 1. The highest BCUT2D eigenvalue weighted by atomic mass is 16.5. The number of carbonyl (C=O) groups excluding carboxylic acids is 2. The Morgan fingerprint density at radius 1 is 1.21 bits per heavy atom. The summed E-state index contributed by atoms with van der Waals surface area (Å²) in [6.45, 7) is 1.74. The number of primary amides is 1. The molecule has 0 unspecified atom stereocenters. The maximum Gasteiger partial charge on any atom is 0.277 e. The van der Waals surface area contributed by atoms with Gasteiger partial charge in [-0.05, 0) is 30.7 Å². The Hall–Kier alpha value is -3.48. The predicted octanol–water partition coefficient (Wildman–Crippen LogP) is 2.40. The van der Waals surface area contributed by atoms with Crippen LogP contribution in [0.5, 0.6) is 0 Å². The van der Waals surface area contributed by atoms with E-state index in [1.165, 1.54) is 6.07 Å². The minimum atomic E-state index is -0.611. The molecule has 2 amide bonds. The van der Waals surface area contributed by atoms with Crippen LogP contribution >= 0.6 is 0 Å². The zero-order valence-electron chi connectivity index (χ0n) is 12.8. The van der Waals surface area contributed by atoms with Gasteiger partial charge >= 0.3 is 0 Å². The molecule has 120 valence electrons. The molecule has 2 aromatic heterocycles. The Balaban J connectivity index is 1.86. The topological polar surface area (TPSA) is 111 Å². The van der Waals surface area contributed by atoms with Crippen LogP contribution in [0.15, 0.2) is 53.3 Å². The lowest BCUT2D eigenvalue weighted by atomic mass is 10.1. The van der Waals surface area contributed by atoms with E-state index in [0.717, 1.165) is 0 Å². The van der Waals surface area contributed by atoms with Gasteiger partial charge in [-0.1, -0.05) is 17.3 Å². The van der Waals surface area contributed by atoms with Crippen LogP contribution in [-0.4, -0.2) is 22.0 Å².